The van der Waals surface area contributed by atoms with Crippen molar-refractivity contribution in [3.05, 3.63) is 45.6 Å². The summed E-state index contributed by atoms with van der Waals surface area (Å²) in [6, 6.07) is 5.14. The lowest BCUT2D eigenvalue weighted by atomic mass is 10.1. The van der Waals surface area contributed by atoms with E-state index in [1.54, 1.807) is 0 Å². The number of nitrogens with one attached hydrogen (secondary N) is 1. The van der Waals surface area contributed by atoms with Gasteiger partial charge in [0, 0.05) is 28.8 Å². The van der Waals surface area contributed by atoms with E-state index in [1.165, 1.54) is 23.1 Å². The highest BCUT2D eigenvalue weighted by atomic mass is 35.5. The first-order chi connectivity index (χ1) is 12.7. The molecule has 0 bridgehead atoms. The first kappa shape index (κ1) is 19.7. The molecule has 0 unspecified atom stereocenters. The lowest BCUT2D eigenvalue weighted by molar-refractivity contribution is -0.138. The van der Waals surface area contributed by atoms with Crippen molar-refractivity contribution < 1.29 is 22.7 Å². The molecule has 2 heterocycles. The summed E-state index contributed by atoms with van der Waals surface area (Å²) in [6.45, 7) is 0.906. The molecule has 0 spiro atoms. The minimum atomic E-state index is -4.78. The normalized spacial score (nSPS) is 14.9. The zero-order chi connectivity index (χ0) is 19.6. The molecule has 1 aromatic carbocycles. The van der Waals surface area contributed by atoms with Gasteiger partial charge >= 0.3 is 6.18 Å². The van der Waals surface area contributed by atoms with Crippen molar-refractivity contribution in [1.29, 1.82) is 0 Å². The van der Waals surface area contributed by atoms with Gasteiger partial charge in [-0.05, 0) is 24.3 Å². The second-order valence-electron chi connectivity index (χ2n) is 5.68. The number of rotatable bonds is 3. The van der Waals surface area contributed by atoms with Crippen molar-refractivity contribution >= 4 is 40.6 Å². The molecule has 6 nitrogen and oxygen atoms in total. The Labute approximate surface area is 162 Å². The summed E-state index contributed by atoms with van der Waals surface area (Å²) in [7, 11) is 0. The van der Waals surface area contributed by atoms with Gasteiger partial charge < -0.3 is 15.0 Å². The maximum Gasteiger partial charge on any atom is 0.418 e. The molecule has 1 aliphatic rings. The van der Waals surface area contributed by atoms with Crippen LogP contribution in [0.1, 0.15) is 16.1 Å². The Balaban J connectivity index is 1.93. The Morgan fingerprint density at radius 3 is 2.30 bits per heavy atom. The molecule has 144 valence electrons. The summed E-state index contributed by atoms with van der Waals surface area (Å²) >= 11 is 11.7. The van der Waals surface area contributed by atoms with E-state index >= 15 is 0 Å². The number of alkyl halides is 3. The minimum absolute atomic E-state index is 0.193. The topological polar surface area (TPSA) is 67.4 Å². The highest BCUT2D eigenvalue weighted by molar-refractivity contribution is 6.35. The molecule has 0 atom stereocenters. The molecule has 11 heteroatoms. The van der Waals surface area contributed by atoms with Crippen molar-refractivity contribution in [3.63, 3.8) is 0 Å². The van der Waals surface area contributed by atoms with Gasteiger partial charge in [0.2, 0.25) is 0 Å². The molecule has 3 rings (SSSR count). The minimum Gasteiger partial charge on any atom is -0.378 e. The number of amides is 1. The number of benzene rings is 1. The van der Waals surface area contributed by atoms with E-state index in [0.717, 1.165) is 6.07 Å². The molecule has 1 fully saturated rings. The smallest absolute Gasteiger partial charge is 0.378 e. The molecule has 0 aliphatic carbocycles. The van der Waals surface area contributed by atoms with Crippen LogP contribution in [0.15, 0.2) is 24.3 Å². The molecule has 1 aromatic heterocycles. The third kappa shape index (κ3) is 4.79. The predicted molar refractivity (Wildman–Crippen MR) is 93.5 cm³/mol. The third-order valence-corrected chi connectivity index (χ3v) is 4.17. The SMILES string of the molecule is O=C(c1nnc(Nc2cc(Cl)cc(Cl)c2)cc1C(F)(F)F)N1CCOCC1. The monoisotopic (exact) mass is 420 g/mol. The van der Waals surface area contributed by atoms with E-state index in [2.05, 4.69) is 15.5 Å². The Morgan fingerprint density at radius 2 is 1.70 bits per heavy atom. The van der Waals surface area contributed by atoms with Gasteiger partial charge in [0.25, 0.3) is 5.91 Å². The fraction of sp³-hybridized carbons (Fsp3) is 0.312. The molecule has 1 aliphatic heterocycles. The number of nitrogens with zero attached hydrogens (tertiary/aromatic N) is 3. The maximum absolute atomic E-state index is 13.5. The molecular weight excluding hydrogens is 408 g/mol. The zero-order valence-electron chi connectivity index (χ0n) is 13.7. The van der Waals surface area contributed by atoms with Crippen LogP contribution in [-0.2, 0) is 10.9 Å². The number of hydrogen-bond acceptors (Lipinski definition) is 5. The fourth-order valence-corrected chi connectivity index (χ4v) is 3.04. The standard InChI is InChI=1S/C16H13Cl2F3N4O2/c17-9-5-10(18)7-11(6-9)22-13-8-12(16(19,20)21)14(24-23-13)15(26)25-1-3-27-4-2-25/h5-8H,1-4H2,(H,22,23). The summed E-state index contributed by atoms with van der Waals surface area (Å²) in [4.78, 5) is 13.7. The average molecular weight is 421 g/mol. The van der Waals surface area contributed by atoms with Crippen LogP contribution in [0.3, 0.4) is 0 Å². The van der Waals surface area contributed by atoms with Gasteiger partial charge in [-0.2, -0.15) is 13.2 Å². The third-order valence-electron chi connectivity index (χ3n) is 3.74. The summed E-state index contributed by atoms with van der Waals surface area (Å²) in [5.74, 6) is -1.03. The first-order valence-electron chi connectivity index (χ1n) is 7.79. The summed E-state index contributed by atoms with van der Waals surface area (Å²) in [5.41, 5.74) is -1.59. The van der Waals surface area contributed by atoms with E-state index in [1.807, 2.05) is 0 Å². The van der Waals surface area contributed by atoms with Crippen LogP contribution in [0.2, 0.25) is 10.0 Å². The van der Waals surface area contributed by atoms with Crippen molar-refractivity contribution in [2.75, 3.05) is 31.6 Å². The van der Waals surface area contributed by atoms with Crippen LogP contribution in [0, 0.1) is 0 Å². The van der Waals surface area contributed by atoms with Crippen LogP contribution in [0.25, 0.3) is 0 Å². The van der Waals surface area contributed by atoms with E-state index in [9.17, 15) is 18.0 Å². The largest absolute Gasteiger partial charge is 0.418 e. The van der Waals surface area contributed by atoms with Crippen molar-refractivity contribution in [1.82, 2.24) is 15.1 Å². The van der Waals surface area contributed by atoms with Gasteiger partial charge in [-0.25, -0.2) is 0 Å². The van der Waals surface area contributed by atoms with Gasteiger partial charge in [-0.3, -0.25) is 4.79 Å². The van der Waals surface area contributed by atoms with E-state index in [0.29, 0.717) is 15.7 Å². The van der Waals surface area contributed by atoms with Gasteiger partial charge in [0.05, 0.1) is 18.8 Å². The van der Waals surface area contributed by atoms with Crippen LogP contribution in [0.5, 0.6) is 0 Å². The summed E-state index contributed by atoms with van der Waals surface area (Å²) < 4.78 is 45.6. The van der Waals surface area contributed by atoms with Gasteiger partial charge in [-0.1, -0.05) is 23.2 Å². The van der Waals surface area contributed by atoms with Gasteiger partial charge in [0.15, 0.2) is 11.5 Å². The second-order valence-corrected chi connectivity index (χ2v) is 6.55. The molecule has 1 amide bonds. The molecule has 1 N–H and O–H groups in total. The van der Waals surface area contributed by atoms with E-state index in [-0.39, 0.29) is 32.1 Å². The number of morpholine rings is 1. The molecule has 0 saturated carbocycles. The van der Waals surface area contributed by atoms with Crippen LogP contribution < -0.4 is 5.32 Å². The quantitative estimate of drug-likeness (QED) is 0.811. The summed E-state index contributed by atoms with van der Waals surface area (Å²) in [6.07, 6.45) is -4.78. The van der Waals surface area contributed by atoms with E-state index in [4.69, 9.17) is 27.9 Å². The first-order valence-corrected chi connectivity index (χ1v) is 8.54. The zero-order valence-corrected chi connectivity index (χ0v) is 15.2. The van der Waals surface area contributed by atoms with E-state index < -0.39 is 23.3 Å². The van der Waals surface area contributed by atoms with Crippen LogP contribution in [0.4, 0.5) is 24.7 Å². The molecule has 2 aromatic rings. The Kier molecular flexibility index (Phi) is 5.73. The molecule has 1 saturated heterocycles. The van der Waals surface area contributed by atoms with Gasteiger partial charge in [0.1, 0.15) is 0 Å². The molecular formula is C16H13Cl2F3N4O2. The van der Waals surface area contributed by atoms with Crippen LogP contribution in [-0.4, -0.2) is 47.3 Å². The van der Waals surface area contributed by atoms with Crippen molar-refractivity contribution in [2.24, 2.45) is 0 Å². The Morgan fingerprint density at radius 1 is 1.07 bits per heavy atom. The maximum atomic E-state index is 13.5. The van der Waals surface area contributed by atoms with Gasteiger partial charge in [-0.15, -0.1) is 10.2 Å². The number of hydrogen-bond donors (Lipinski definition) is 1. The average Bonchev–Trinajstić information content (AvgIpc) is 2.60. The second kappa shape index (κ2) is 7.87. The molecule has 27 heavy (non-hydrogen) atoms. The highest BCUT2D eigenvalue weighted by Crippen LogP contribution is 2.34. The number of carbonyl (C=O) groups is 1. The Hall–Kier alpha value is -2.10. The number of aromatic nitrogens is 2. The summed E-state index contributed by atoms with van der Waals surface area (Å²) in [5, 5.41) is 10.5. The molecule has 0 radical (unpaired) electrons. The number of anilines is 2. The van der Waals surface area contributed by atoms with Crippen molar-refractivity contribution in [2.45, 2.75) is 6.18 Å². The lowest BCUT2D eigenvalue weighted by Gasteiger charge is -2.27. The fourth-order valence-electron chi connectivity index (χ4n) is 2.52. The Bertz CT molecular complexity index is 838. The lowest BCUT2D eigenvalue weighted by Crippen LogP contribution is -2.41. The van der Waals surface area contributed by atoms with Crippen molar-refractivity contribution in [3.8, 4) is 0 Å². The predicted octanol–water partition coefficient (Wildman–Crippen LogP) is 4.02. The number of halogens is 5. The number of carbonyl (C=O) groups excluding carboxylic acids is 1. The number of ether oxygens (including phenoxy) is 1. The van der Waals surface area contributed by atoms with Crippen LogP contribution >= 0.6 is 23.2 Å². The highest BCUT2D eigenvalue weighted by Gasteiger charge is 2.38.